The second-order valence-corrected chi connectivity index (χ2v) is 12.6. The van der Waals surface area contributed by atoms with E-state index in [-0.39, 0.29) is 28.3 Å². The van der Waals surface area contributed by atoms with Crippen LogP contribution < -0.4 is 4.74 Å². The number of carbonyl (C=O) groups is 1. The maximum Gasteiger partial charge on any atom is 0.434 e. The minimum absolute atomic E-state index is 0.142. The highest BCUT2D eigenvalue weighted by Crippen LogP contribution is 2.73. The van der Waals surface area contributed by atoms with Crippen molar-refractivity contribution in [2.75, 3.05) is 26.2 Å². The summed E-state index contributed by atoms with van der Waals surface area (Å²) < 4.78 is 43.9. The Hall–Kier alpha value is -2.92. The van der Waals surface area contributed by atoms with Gasteiger partial charge in [-0.3, -0.25) is 5.10 Å². The Morgan fingerprint density at radius 3 is 2.38 bits per heavy atom. The zero-order chi connectivity index (χ0) is 25.2. The van der Waals surface area contributed by atoms with Crippen LogP contribution in [-0.4, -0.2) is 72.8 Å². The van der Waals surface area contributed by atoms with E-state index in [0.717, 1.165) is 76.1 Å². The van der Waals surface area contributed by atoms with Crippen molar-refractivity contribution >= 4 is 6.03 Å². The smallest absolute Gasteiger partial charge is 0.434 e. The Kier molecular flexibility index (Phi) is 4.14. The summed E-state index contributed by atoms with van der Waals surface area (Å²) in [4.78, 5) is 28.8. The molecule has 5 aliphatic carbocycles. The molecule has 2 saturated heterocycles. The van der Waals surface area contributed by atoms with Crippen LogP contribution >= 0.6 is 0 Å². The molecule has 2 aromatic rings. The maximum absolute atomic E-state index is 13.0. The zero-order valence-corrected chi connectivity index (χ0v) is 20.3. The average molecular weight is 516 g/mol. The van der Waals surface area contributed by atoms with Gasteiger partial charge in [0.1, 0.15) is 11.4 Å². The molecule has 2 aliphatic heterocycles. The van der Waals surface area contributed by atoms with Crippen LogP contribution in [-0.2, 0) is 6.18 Å². The first-order valence-corrected chi connectivity index (χ1v) is 13.2. The molecule has 7 fully saturated rings. The highest BCUT2D eigenvalue weighted by Gasteiger charge is 2.74. The van der Waals surface area contributed by atoms with E-state index in [1.165, 1.54) is 12.8 Å². The van der Waals surface area contributed by atoms with Crippen molar-refractivity contribution < 1.29 is 22.7 Å². The molecule has 0 radical (unpaired) electrons. The van der Waals surface area contributed by atoms with Gasteiger partial charge < -0.3 is 14.5 Å². The molecular weight excluding hydrogens is 487 g/mol. The van der Waals surface area contributed by atoms with Crippen molar-refractivity contribution in [3.8, 4) is 5.88 Å². The number of carbonyl (C=O) groups excluding carboxylic acids is 1. The van der Waals surface area contributed by atoms with Crippen molar-refractivity contribution in [3.05, 3.63) is 29.7 Å². The number of ether oxygens (including phenoxy) is 1. The topological polar surface area (TPSA) is 100 Å². The summed E-state index contributed by atoms with van der Waals surface area (Å²) in [5.74, 6) is 3.61. The number of aromatic amines is 1. The largest absolute Gasteiger partial charge is 0.470 e. The maximum atomic E-state index is 13.0. The Bertz CT molecular complexity index is 1230. The Morgan fingerprint density at radius 2 is 1.76 bits per heavy atom. The van der Waals surface area contributed by atoms with Gasteiger partial charge in [-0.15, -0.1) is 0 Å². The van der Waals surface area contributed by atoms with E-state index in [9.17, 15) is 18.0 Å². The van der Waals surface area contributed by atoms with Gasteiger partial charge in [0.2, 0.25) is 5.88 Å². The van der Waals surface area contributed by atoms with Crippen molar-refractivity contribution in [2.45, 2.75) is 68.6 Å². The molecule has 0 unspecified atom stereocenters. The predicted octanol–water partition coefficient (Wildman–Crippen LogP) is 3.72. The number of amides is 2. The molecule has 0 aromatic carbocycles. The molecule has 1 spiro atoms. The van der Waals surface area contributed by atoms with Crippen LogP contribution in [0.1, 0.15) is 74.1 Å². The van der Waals surface area contributed by atoms with Gasteiger partial charge >= 0.3 is 12.2 Å². The van der Waals surface area contributed by atoms with Gasteiger partial charge in [0.05, 0.1) is 12.4 Å². The monoisotopic (exact) mass is 515 g/mol. The van der Waals surface area contributed by atoms with E-state index in [4.69, 9.17) is 9.72 Å². The number of hydrogen-bond acceptors (Lipinski definition) is 6. The van der Waals surface area contributed by atoms with E-state index in [1.54, 1.807) is 0 Å². The summed E-state index contributed by atoms with van der Waals surface area (Å²) in [5.41, 5.74) is -0.894. The summed E-state index contributed by atoms with van der Waals surface area (Å²) in [6, 6.07) is 0.150. The minimum Gasteiger partial charge on any atom is -0.470 e. The number of rotatable bonds is 5. The first kappa shape index (κ1) is 22.1. The number of halogens is 3. The number of urea groups is 1. The highest BCUT2D eigenvalue weighted by atomic mass is 19.4. The van der Waals surface area contributed by atoms with Crippen molar-refractivity contribution in [1.82, 2.24) is 34.9 Å². The van der Waals surface area contributed by atoms with Gasteiger partial charge in [-0.1, -0.05) is 0 Å². The Labute approximate surface area is 211 Å². The fourth-order valence-corrected chi connectivity index (χ4v) is 7.60. The molecule has 9 nitrogen and oxygen atoms in total. The third-order valence-electron chi connectivity index (χ3n) is 9.81. The first-order valence-electron chi connectivity index (χ1n) is 13.2. The number of hydrogen-bond donors (Lipinski definition) is 1. The van der Waals surface area contributed by atoms with E-state index in [0.29, 0.717) is 24.0 Å². The molecule has 12 heteroatoms. The van der Waals surface area contributed by atoms with Crippen LogP contribution in [0.15, 0.2) is 12.4 Å². The van der Waals surface area contributed by atoms with Gasteiger partial charge in [0.15, 0.2) is 11.5 Å². The van der Waals surface area contributed by atoms with Crippen LogP contribution in [0.4, 0.5) is 18.0 Å². The Morgan fingerprint density at radius 1 is 1.03 bits per heavy atom. The van der Waals surface area contributed by atoms with Crippen LogP contribution in [0.3, 0.4) is 0 Å². The van der Waals surface area contributed by atoms with Gasteiger partial charge in [-0.25, -0.2) is 19.7 Å². The molecular formula is C25H28F3N7O2. The van der Waals surface area contributed by atoms with E-state index < -0.39 is 11.9 Å². The third-order valence-corrected chi connectivity index (χ3v) is 9.81. The van der Waals surface area contributed by atoms with Gasteiger partial charge in [0.25, 0.3) is 0 Å². The summed E-state index contributed by atoms with van der Waals surface area (Å²) in [7, 11) is 0. The third kappa shape index (κ3) is 3.32. The lowest BCUT2D eigenvalue weighted by Crippen LogP contribution is -2.77. The molecule has 1 N–H and O–H groups in total. The summed E-state index contributed by atoms with van der Waals surface area (Å²) in [6.07, 6.45) is 4.43. The van der Waals surface area contributed by atoms with Gasteiger partial charge in [-0.2, -0.15) is 18.3 Å². The molecule has 0 atom stereocenters. The lowest BCUT2D eigenvalue weighted by molar-refractivity contribution is -0.283. The number of aromatic nitrogens is 5. The number of alkyl halides is 3. The predicted molar refractivity (Wildman–Crippen MR) is 121 cm³/mol. The fraction of sp³-hybridized carbons (Fsp3) is 0.720. The SMILES string of the molecule is O=C(N1CC(C23CC(Oc4cnc(C(F)(F)F)cn4)(C2)C3)C1)N1CC2(CC(c3n[nH]c(C4CC4)n3)C2)C1. The second kappa shape index (κ2) is 6.93. The summed E-state index contributed by atoms with van der Waals surface area (Å²) in [5, 5.41) is 7.54. The number of nitrogens with zero attached hydrogens (tertiary/aromatic N) is 6. The zero-order valence-electron chi connectivity index (χ0n) is 20.3. The lowest BCUT2D eigenvalue weighted by Gasteiger charge is -2.74. The molecule has 5 saturated carbocycles. The van der Waals surface area contributed by atoms with Gasteiger partial charge in [0, 0.05) is 49.3 Å². The van der Waals surface area contributed by atoms with E-state index in [2.05, 4.69) is 20.2 Å². The first-order chi connectivity index (χ1) is 17.6. The molecule has 4 heterocycles. The molecule has 7 aliphatic rings. The lowest BCUT2D eigenvalue weighted by atomic mass is 9.36. The molecule has 2 aromatic heterocycles. The molecule has 2 bridgehead atoms. The fourth-order valence-electron chi connectivity index (χ4n) is 7.60. The van der Waals surface area contributed by atoms with E-state index in [1.807, 2.05) is 9.80 Å². The van der Waals surface area contributed by atoms with Crippen molar-refractivity contribution in [2.24, 2.45) is 16.7 Å². The van der Waals surface area contributed by atoms with Crippen LogP contribution in [0.2, 0.25) is 0 Å². The summed E-state index contributed by atoms with van der Waals surface area (Å²) in [6.45, 7) is 3.23. The standard InChI is InChI=1S/C25H28F3N7O2/c26-25(27,28)17-5-30-18(6-29-17)37-24-9-23(10-24,11-24)16-7-34(8-16)21(36)35-12-22(13-35)3-15(4-22)20-31-19(32-33-20)14-1-2-14/h5-6,14-16H,1-4,7-13H2,(H,31,32,33). The molecule has 2 amide bonds. The minimum atomic E-state index is -4.51. The highest BCUT2D eigenvalue weighted by molar-refractivity contribution is 5.76. The van der Waals surface area contributed by atoms with Crippen molar-refractivity contribution in [3.63, 3.8) is 0 Å². The number of nitrogens with one attached hydrogen (secondary N) is 1. The molecule has 9 rings (SSSR count). The quantitative estimate of drug-likeness (QED) is 0.652. The van der Waals surface area contributed by atoms with Gasteiger partial charge in [-0.05, 0) is 50.4 Å². The molecule has 196 valence electrons. The Balaban J connectivity index is 0.782. The van der Waals surface area contributed by atoms with Crippen LogP contribution in [0.25, 0.3) is 0 Å². The van der Waals surface area contributed by atoms with Crippen LogP contribution in [0.5, 0.6) is 5.88 Å². The second-order valence-electron chi connectivity index (χ2n) is 12.6. The molecule has 37 heavy (non-hydrogen) atoms. The number of H-pyrrole nitrogens is 1. The van der Waals surface area contributed by atoms with Crippen molar-refractivity contribution in [1.29, 1.82) is 0 Å². The van der Waals surface area contributed by atoms with Crippen LogP contribution in [0, 0.1) is 16.7 Å². The summed E-state index contributed by atoms with van der Waals surface area (Å²) >= 11 is 0. The normalized spacial score (nSPS) is 32.2. The average Bonchev–Trinajstić information content (AvgIpc) is 3.45. The van der Waals surface area contributed by atoms with E-state index >= 15 is 0 Å². The number of likely N-dealkylation sites (tertiary alicyclic amines) is 2.